The van der Waals surface area contributed by atoms with E-state index in [1.807, 2.05) is 0 Å². The predicted octanol–water partition coefficient (Wildman–Crippen LogP) is 7.88. The molecule has 0 saturated carbocycles. The average molecular weight is 686 g/mol. The zero-order chi connectivity index (χ0) is 35.0. The van der Waals surface area contributed by atoms with Gasteiger partial charge in [0.1, 0.15) is 12.6 Å². The van der Waals surface area contributed by atoms with Crippen LogP contribution in [-0.2, 0) is 37.5 Å². The van der Waals surface area contributed by atoms with Crippen LogP contribution in [-0.4, -0.2) is 59.9 Å². The quantitative estimate of drug-likeness (QED) is 0.0280. The SMILES string of the molecule is CC/C=C\C/C=C\C/C=C\C/C=C\CCCCCCC(=O)OC(COC(=O)CCCCCCCC)COP(=O)(O)OCC(N)C(=O)O. The second-order valence-electron chi connectivity index (χ2n) is 11.3. The van der Waals surface area contributed by atoms with Gasteiger partial charge >= 0.3 is 25.7 Å². The van der Waals surface area contributed by atoms with Gasteiger partial charge in [-0.3, -0.25) is 23.4 Å². The van der Waals surface area contributed by atoms with E-state index < -0.39 is 51.1 Å². The average Bonchev–Trinajstić information content (AvgIpc) is 3.04. The van der Waals surface area contributed by atoms with Gasteiger partial charge in [-0.1, -0.05) is 107 Å². The van der Waals surface area contributed by atoms with Crippen molar-refractivity contribution in [2.24, 2.45) is 5.73 Å². The molecule has 0 heterocycles. The van der Waals surface area contributed by atoms with Gasteiger partial charge in [-0.2, -0.15) is 0 Å². The molecule has 3 atom stereocenters. The van der Waals surface area contributed by atoms with Crippen LogP contribution in [0.5, 0.6) is 0 Å². The minimum Gasteiger partial charge on any atom is -0.480 e. The van der Waals surface area contributed by atoms with Gasteiger partial charge in [-0.25, -0.2) is 4.57 Å². The first-order valence-corrected chi connectivity index (χ1v) is 18.7. The first kappa shape index (κ1) is 44.4. The number of hydrogen-bond donors (Lipinski definition) is 3. The molecule has 0 radical (unpaired) electrons. The van der Waals surface area contributed by atoms with Crippen LogP contribution >= 0.6 is 7.82 Å². The Labute approximate surface area is 282 Å². The molecular formula is C35H60NO10P. The van der Waals surface area contributed by atoms with Gasteiger partial charge in [-0.15, -0.1) is 0 Å². The fourth-order valence-electron chi connectivity index (χ4n) is 4.11. The van der Waals surface area contributed by atoms with Crippen molar-refractivity contribution >= 4 is 25.7 Å². The summed E-state index contributed by atoms with van der Waals surface area (Å²) in [6.45, 7) is 2.54. The highest BCUT2D eigenvalue weighted by atomic mass is 31.2. The molecule has 3 unspecified atom stereocenters. The lowest BCUT2D eigenvalue weighted by Gasteiger charge is -2.20. The fraction of sp³-hybridized carbons (Fsp3) is 0.686. The third-order valence-corrected chi connectivity index (χ3v) is 7.79. The van der Waals surface area contributed by atoms with E-state index in [9.17, 15) is 23.8 Å². The van der Waals surface area contributed by atoms with Crippen LogP contribution < -0.4 is 5.73 Å². The number of unbranched alkanes of at least 4 members (excludes halogenated alkanes) is 9. The number of allylic oxidation sites excluding steroid dienone is 8. The van der Waals surface area contributed by atoms with Crippen LogP contribution in [0.4, 0.5) is 0 Å². The van der Waals surface area contributed by atoms with E-state index in [-0.39, 0.29) is 19.4 Å². The molecule has 0 aliphatic heterocycles. The Morgan fingerprint density at radius 1 is 0.681 bits per heavy atom. The number of phosphoric ester groups is 1. The molecule has 0 amide bonds. The molecule has 0 aromatic rings. The molecule has 0 saturated heterocycles. The number of carbonyl (C=O) groups is 3. The van der Waals surface area contributed by atoms with Crippen molar-refractivity contribution in [3.8, 4) is 0 Å². The maximum Gasteiger partial charge on any atom is 0.472 e. The van der Waals surface area contributed by atoms with Gasteiger partial charge in [0.05, 0.1) is 13.2 Å². The van der Waals surface area contributed by atoms with Crippen LogP contribution in [0.1, 0.15) is 123 Å². The van der Waals surface area contributed by atoms with Crippen LogP contribution in [0.2, 0.25) is 0 Å². The molecule has 47 heavy (non-hydrogen) atoms. The number of carboxylic acids is 1. The lowest BCUT2D eigenvalue weighted by molar-refractivity contribution is -0.161. The highest BCUT2D eigenvalue weighted by Crippen LogP contribution is 2.43. The highest BCUT2D eigenvalue weighted by molar-refractivity contribution is 7.47. The molecule has 0 fully saturated rings. The van der Waals surface area contributed by atoms with Crippen molar-refractivity contribution in [2.45, 2.75) is 135 Å². The zero-order valence-electron chi connectivity index (χ0n) is 28.6. The molecule has 270 valence electrons. The van der Waals surface area contributed by atoms with Gasteiger partial charge in [0, 0.05) is 12.8 Å². The summed E-state index contributed by atoms with van der Waals surface area (Å²) in [5.74, 6) is -2.43. The van der Waals surface area contributed by atoms with Crippen LogP contribution in [0.25, 0.3) is 0 Å². The largest absolute Gasteiger partial charge is 0.480 e. The Balaban J connectivity index is 4.47. The van der Waals surface area contributed by atoms with Crippen molar-refractivity contribution in [3.63, 3.8) is 0 Å². The number of nitrogens with two attached hydrogens (primary N) is 1. The van der Waals surface area contributed by atoms with Gasteiger partial charge < -0.3 is 25.2 Å². The standard InChI is InChI=1S/C35H60NO10P/c1-3-5-7-9-11-12-13-14-15-16-17-18-19-20-21-23-25-27-34(38)46-31(28-43-33(37)26-24-22-10-8-6-4-2)29-44-47(41,42)45-30-32(36)35(39)40/h5,7,11-12,14-15,17-18,31-32H,3-4,6,8-10,13,16,19-30,36H2,1-2H3,(H,39,40)(H,41,42)/b7-5-,12-11-,15-14-,18-17-. The summed E-state index contributed by atoms with van der Waals surface area (Å²) in [5.41, 5.74) is 5.29. The number of hydrogen-bond acceptors (Lipinski definition) is 9. The van der Waals surface area contributed by atoms with Crippen molar-refractivity contribution in [3.05, 3.63) is 48.6 Å². The van der Waals surface area contributed by atoms with Crippen LogP contribution in [0.3, 0.4) is 0 Å². The van der Waals surface area contributed by atoms with E-state index >= 15 is 0 Å². The summed E-state index contributed by atoms with van der Waals surface area (Å²) < 4.78 is 32.3. The number of ether oxygens (including phenoxy) is 2. The lowest BCUT2D eigenvalue weighted by Crippen LogP contribution is -2.34. The topological polar surface area (TPSA) is 172 Å². The maximum atomic E-state index is 12.5. The van der Waals surface area contributed by atoms with Crippen molar-refractivity contribution < 1.29 is 47.5 Å². The first-order chi connectivity index (χ1) is 22.6. The predicted molar refractivity (Wildman–Crippen MR) is 185 cm³/mol. The summed E-state index contributed by atoms with van der Waals surface area (Å²) in [4.78, 5) is 45.4. The van der Waals surface area contributed by atoms with Gasteiger partial charge in [0.25, 0.3) is 0 Å². The van der Waals surface area contributed by atoms with Crippen molar-refractivity contribution in [2.75, 3.05) is 19.8 Å². The zero-order valence-corrected chi connectivity index (χ0v) is 29.5. The van der Waals surface area contributed by atoms with Gasteiger partial charge in [-0.05, 0) is 51.4 Å². The monoisotopic (exact) mass is 685 g/mol. The summed E-state index contributed by atoms with van der Waals surface area (Å²) in [6.07, 6.45) is 30.8. The number of carboxylic acid groups (broad SMARTS) is 1. The number of esters is 2. The Hall–Kier alpha value is -2.56. The third kappa shape index (κ3) is 30.5. The van der Waals surface area contributed by atoms with Gasteiger partial charge in [0.2, 0.25) is 0 Å². The molecule has 0 spiro atoms. The van der Waals surface area contributed by atoms with E-state index in [0.717, 1.165) is 83.5 Å². The van der Waals surface area contributed by atoms with Gasteiger partial charge in [0.15, 0.2) is 6.10 Å². The molecule has 0 aromatic heterocycles. The molecular weight excluding hydrogens is 625 g/mol. The van der Waals surface area contributed by atoms with E-state index in [4.69, 9.17) is 24.8 Å². The molecule has 0 aromatic carbocycles. The number of rotatable bonds is 31. The Bertz CT molecular complexity index is 995. The lowest BCUT2D eigenvalue weighted by atomic mass is 10.1. The van der Waals surface area contributed by atoms with Crippen molar-refractivity contribution in [1.82, 2.24) is 0 Å². The van der Waals surface area contributed by atoms with E-state index in [2.05, 4.69) is 67.0 Å². The Kier molecular flexibility index (Phi) is 29.1. The third-order valence-electron chi connectivity index (χ3n) is 6.84. The van der Waals surface area contributed by atoms with Crippen LogP contribution in [0.15, 0.2) is 48.6 Å². The van der Waals surface area contributed by atoms with E-state index in [0.29, 0.717) is 12.8 Å². The Morgan fingerprint density at radius 3 is 1.79 bits per heavy atom. The molecule has 0 aliphatic rings. The smallest absolute Gasteiger partial charge is 0.472 e. The van der Waals surface area contributed by atoms with E-state index in [1.165, 1.54) is 0 Å². The molecule has 0 aliphatic carbocycles. The number of carbonyl (C=O) groups excluding carboxylic acids is 2. The Morgan fingerprint density at radius 2 is 1.19 bits per heavy atom. The number of aliphatic carboxylic acids is 1. The molecule has 0 rings (SSSR count). The summed E-state index contributed by atoms with van der Waals surface area (Å²) in [7, 11) is -4.71. The minimum atomic E-state index is -4.71. The fourth-order valence-corrected chi connectivity index (χ4v) is 4.89. The normalized spacial score (nSPS) is 14.6. The molecule has 11 nitrogen and oxygen atoms in total. The molecule has 12 heteroatoms. The first-order valence-electron chi connectivity index (χ1n) is 17.2. The van der Waals surface area contributed by atoms with Crippen molar-refractivity contribution in [1.29, 1.82) is 0 Å². The minimum absolute atomic E-state index is 0.132. The van der Waals surface area contributed by atoms with E-state index in [1.54, 1.807) is 0 Å². The second-order valence-corrected chi connectivity index (χ2v) is 12.7. The summed E-state index contributed by atoms with van der Waals surface area (Å²) >= 11 is 0. The van der Waals surface area contributed by atoms with Crippen LogP contribution in [0, 0.1) is 0 Å². The summed E-state index contributed by atoms with van der Waals surface area (Å²) in [5, 5.41) is 8.82. The molecule has 4 N–H and O–H groups in total. The molecule has 0 bridgehead atoms. The summed E-state index contributed by atoms with van der Waals surface area (Å²) in [6, 6.07) is -1.52. The highest BCUT2D eigenvalue weighted by Gasteiger charge is 2.28. The maximum absolute atomic E-state index is 12.5. The second kappa shape index (κ2) is 30.8. The number of phosphoric acid groups is 1.